The van der Waals surface area contributed by atoms with Crippen molar-refractivity contribution in [1.82, 2.24) is 5.32 Å². The number of hydrogen-bond donors (Lipinski definition) is 2. The summed E-state index contributed by atoms with van der Waals surface area (Å²) in [6.45, 7) is 7.17. The number of hydrogen-bond acceptors (Lipinski definition) is 2. The van der Waals surface area contributed by atoms with E-state index in [1.807, 2.05) is 0 Å². The van der Waals surface area contributed by atoms with E-state index in [0.29, 0.717) is 6.04 Å². The van der Waals surface area contributed by atoms with Crippen LogP contribution in [0.3, 0.4) is 0 Å². The van der Waals surface area contributed by atoms with Gasteiger partial charge in [-0.25, -0.2) is 0 Å². The Balaban J connectivity index is 2.44. The number of rotatable bonds is 5. The van der Waals surface area contributed by atoms with Gasteiger partial charge >= 0.3 is 0 Å². The summed E-state index contributed by atoms with van der Waals surface area (Å²) in [6.07, 6.45) is 6.78. The van der Waals surface area contributed by atoms with Gasteiger partial charge in [0.25, 0.3) is 0 Å². The van der Waals surface area contributed by atoms with Crippen LogP contribution < -0.4 is 5.32 Å². The van der Waals surface area contributed by atoms with Gasteiger partial charge in [0.05, 0.1) is 0 Å². The van der Waals surface area contributed by atoms with Crippen LogP contribution in [0.4, 0.5) is 0 Å². The molecular formula is C10H15NO. The van der Waals surface area contributed by atoms with Crippen LogP contribution in [0.25, 0.3) is 0 Å². The molecule has 0 aromatic rings. The van der Waals surface area contributed by atoms with Gasteiger partial charge in [-0.1, -0.05) is 31.4 Å². The molecule has 1 fully saturated rings. The summed E-state index contributed by atoms with van der Waals surface area (Å²) in [6, 6.07) is 0.494. The summed E-state index contributed by atoms with van der Waals surface area (Å²) in [5.41, 5.74) is 0.775. The molecule has 0 aliphatic heterocycles. The molecule has 12 heavy (non-hydrogen) atoms. The fourth-order valence-electron chi connectivity index (χ4n) is 0.976. The minimum atomic E-state index is -0.590. The minimum Gasteiger partial charge on any atom is -0.374 e. The molecule has 2 heteroatoms. The van der Waals surface area contributed by atoms with Crippen LogP contribution >= 0.6 is 0 Å². The summed E-state index contributed by atoms with van der Waals surface area (Å²) in [7, 11) is 0. The minimum absolute atomic E-state index is 0.494. The van der Waals surface area contributed by atoms with Crippen molar-refractivity contribution in [3.63, 3.8) is 0 Å². The summed E-state index contributed by atoms with van der Waals surface area (Å²) in [5, 5.41) is 12.6. The van der Waals surface area contributed by atoms with Crippen molar-refractivity contribution in [3.8, 4) is 0 Å². The molecule has 0 amide bonds. The van der Waals surface area contributed by atoms with E-state index in [1.54, 1.807) is 18.2 Å². The zero-order chi connectivity index (χ0) is 8.97. The van der Waals surface area contributed by atoms with Crippen LogP contribution in [0.2, 0.25) is 0 Å². The van der Waals surface area contributed by atoms with E-state index in [4.69, 9.17) is 0 Å². The van der Waals surface area contributed by atoms with Crippen molar-refractivity contribution in [2.75, 3.05) is 0 Å². The molecule has 0 heterocycles. The lowest BCUT2D eigenvalue weighted by Gasteiger charge is -2.12. The lowest BCUT2D eigenvalue weighted by molar-refractivity contribution is 0.174. The Bertz CT molecular complexity index is 204. The van der Waals surface area contributed by atoms with Gasteiger partial charge in [0.15, 0.2) is 0 Å². The van der Waals surface area contributed by atoms with E-state index in [9.17, 15) is 5.11 Å². The molecule has 0 saturated heterocycles. The first-order chi connectivity index (χ1) is 5.77. The Morgan fingerprint density at radius 3 is 2.58 bits per heavy atom. The van der Waals surface area contributed by atoms with Crippen LogP contribution in [-0.4, -0.2) is 17.4 Å². The van der Waals surface area contributed by atoms with Crippen LogP contribution in [0.15, 0.2) is 37.0 Å². The highest BCUT2D eigenvalue weighted by molar-refractivity contribution is 5.24. The topological polar surface area (TPSA) is 32.3 Å². The predicted molar refractivity (Wildman–Crippen MR) is 50.6 cm³/mol. The van der Waals surface area contributed by atoms with Gasteiger partial charge in [0, 0.05) is 6.04 Å². The zero-order valence-corrected chi connectivity index (χ0v) is 7.16. The van der Waals surface area contributed by atoms with Crippen molar-refractivity contribution in [1.29, 1.82) is 0 Å². The first-order valence-corrected chi connectivity index (χ1v) is 4.17. The van der Waals surface area contributed by atoms with Crippen LogP contribution in [0, 0.1) is 0 Å². The molecule has 0 spiro atoms. The Labute approximate surface area is 73.3 Å². The Morgan fingerprint density at radius 2 is 2.17 bits per heavy atom. The summed E-state index contributed by atoms with van der Waals surface area (Å²) >= 11 is 0. The fourth-order valence-corrected chi connectivity index (χ4v) is 0.976. The highest BCUT2D eigenvalue weighted by atomic mass is 16.3. The molecule has 1 rings (SSSR count). The molecule has 1 unspecified atom stereocenters. The average Bonchev–Trinajstić information content (AvgIpc) is 2.83. The molecule has 1 atom stereocenters. The van der Waals surface area contributed by atoms with Gasteiger partial charge in [-0.15, -0.1) is 0 Å². The molecular weight excluding hydrogens is 150 g/mol. The number of allylic oxidation sites excluding steroid dienone is 2. The van der Waals surface area contributed by atoms with E-state index in [2.05, 4.69) is 18.5 Å². The van der Waals surface area contributed by atoms with Crippen molar-refractivity contribution >= 4 is 0 Å². The highest BCUT2D eigenvalue weighted by Crippen LogP contribution is 2.20. The fraction of sp³-hybridized carbons (Fsp3) is 0.400. The third kappa shape index (κ3) is 2.64. The lowest BCUT2D eigenvalue weighted by atomic mass is 10.2. The van der Waals surface area contributed by atoms with Crippen LogP contribution in [0.1, 0.15) is 12.8 Å². The average molecular weight is 165 g/mol. The maximum atomic E-state index is 9.55. The second-order valence-electron chi connectivity index (χ2n) is 2.95. The largest absolute Gasteiger partial charge is 0.374 e. The van der Waals surface area contributed by atoms with Crippen molar-refractivity contribution < 1.29 is 5.11 Å². The molecule has 0 radical (unpaired) electrons. The molecule has 0 bridgehead atoms. The predicted octanol–water partition coefficient (Wildman–Crippen LogP) is 1.36. The number of nitrogens with one attached hydrogen (secondary N) is 1. The van der Waals surface area contributed by atoms with E-state index >= 15 is 0 Å². The van der Waals surface area contributed by atoms with Gasteiger partial charge in [-0.2, -0.15) is 0 Å². The van der Waals surface area contributed by atoms with Gasteiger partial charge in [-0.05, 0) is 18.4 Å². The molecule has 2 nitrogen and oxygen atoms in total. The smallest absolute Gasteiger partial charge is 0.131 e. The zero-order valence-electron chi connectivity index (χ0n) is 7.16. The van der Waals surface area contributed by atoms with Crippen LogP contribution in [-0.2, 0) is 0 Å². The van der Waals surface area contributed by atoms with E-state index in [1.165, 1.54) is 0 Å². The van der Waals surface area contributed by atoms with Gasteiger partial charge < -0.3 is 5.11 Å². The molecule has 0 aromatic heterocycles. The molecule has 1 aliphatic carbocycles. The van der Waals surface area contributed by atoms with E-state index in [-0.39, 0.29) is 0 Å². The van der Waals surface area contributed by atoms with Gasteiger partial charge in [0.2, 0.25) is 0 Å². The molecule has 1 aliphatic rings. The molecule has 0 aromatic carbocycles. The quantitative estimate of drug-likeness (QED) is 0.476. The maximum Gasteiger partial charge on any atom is 0.131 e. The standard InChI is InChI=1S/C10H15NO/c1-3-5-8(4-2)10(12)11-9-6-7-9/h3-5,9-12H,1-2,6-7H2. The van der Waals surface area contributed by atoms with Crippen molar-refractivity contribution in [2.24, 2.45) is 0 Å². The second kappa shape index (κ2) is 4.24. The molecule has 2 N–H and O–H groups in total. The Kier molecular flexibility index (Phi) is 3.26. The maximum absolute atomic E-state index is 9.55. The Morgan fingerprint density at radius 1 is 1.50 bits per heavy atom. The lowest BCUT2D eigenvalue weighted by Crippen LogP contribution is -2.31. The first-order valence-electron chi connectivity index (χ1n) is 4.17. The monoisotopic (exact) mass is 165 g/mol. The Hall–Kier alpha value is -0.860. The van der Waals surface area contributed by atoms with Crippen LogP contribution in [0.5, 0.6) is 0 Å². The molecule has 66 valence electrons. The second-order valence-corrected chi connectivity index (χ2v) is 2.95. The SMILES string of the molecule is C=CC=C(C=C)C(O)NC1CC1. The number of aliphatic hydroxyl groups is 1. The summed E-state index contributed by atoms with van der Waals surface area (Å²) < 4.78 is 0. The summed E-state index contributed by atoms with van der Waals surface area (Å²) in [4.78, 5) is 0. The summed E-state index contributed by atoms with van der Waals surface area (Å²) in [5.74, 6) is 0. The third-order valence-electron chi connectivity index (χ3n) is 1.83. The first kappa shape index (κ1) is 9.23. The molecule has 1 saturated carbocycles. The van der Waals surface area contributed by atoms with E-state index < -0.39 is 6.23 Å². The van der Waals surface area contributed by atoms with E-state index in [0.717, 1.165) is 18.4 Å². The van der Waals surface area contributed by atoms with Crippen molar-refractivity contribution in [3.05, 3.63) is 37.0 Å². The van der Waals surface area contributed by atoms with Gasteiger partial charge in [-0.3, -0.25) is 5.32 Å². The van der Waals surface area contributed by atoms with Gasteiger partial charge in [0.1, 0.15) is 6.23 Å². The normalized spacial score (nSPS) is 20.2. The third-order valence-corrected chi connectivity index (χ3v) is 1.83. The van der Waals surface area contributed by atoms with Crippen molar-refractivity contribution in [2.45, 2.75) is 25.1 Å². The number of aliphatic hydroxyl groups excluding tert-OH is 1. The highest BCUT2D eigenvalue weighted by Gasteiger charge is 2.24.